The van der Waals surface area contributed by atoms with Gasteiger partial charge in [-0.2, -0.15) is 0 Å². The number of thioether (sulfide) groups is 1. The summed E-state index contributed by atoms with van der Waals surface area (Å²) in [4.78, 5) is 31.6. The topological polar surface area (TPSA) is 87.5 Å². The van der Waals surface area contributed by atoms with Crippen molar-refractivity contribution in [2.45, 2.75) is 11.0 Å². The molecular weight excluding hydrogens is 424 g/mol. The summed E-state index contributed by atoms with van der Waals surface area (Å²) >= 11 is 1.41. The van der Waals surface area contributed by atoms with Gasteiger partial charge in [-0.15, -0.1) is 0 Å². The molecule has 0 radical (unpaired) electrons. The van der Waals surface area contributed by atoms with Gasteiger partial charge in [0.15, 0.2) is 5.58 Å². The summed E-state index contributed by atoms with van der Waals surface area (Å²) in [7, 11) is 3.79. The quantitative estimate of drug-likeness (QED) is 0.340. The predicted octanol–water partition coefficient (Wildman–Crippen LogP) is 4.26. The lowest BCUT2D eigenvalue weighted by molar-refractivity contribution is 0.0846. The summed E-state index contributed by atoms with van der Waals surface area (Å²) in [6.07, 6.45) is 0. The van der Waals surface area contributed by atoms with Crippen molar-refractivity contribution < 1.29 is 14.0 Å². The molecule has 2 amide bonds. The molecule has 162 valence electrons. The van der Waals surface area contributed by atoms with Crippen LogP contribution in [0.15, 0.2) is 82.4 Å². The highest BCUT2D eigenvalue weighted by Crippen LogP contribution is 2.27. The third-order valence-electron chi connectivity index (χ3n) is 4.80. The van der Waals surface area contributed by atoms with E-state index in [0.29, 0.717) is 22.1 Å². The van der Waals surface area contributed by atoms with E-state index in [-0.39, 0.29) is 5.91 Å². The Hall–Kier alpha value is -3.78. The van der Waals surface area contributed by atoms with E-state index in [2.05, 4.69) is 15.8 Å². The first-order valence-electron chi connectivity index (χ1n) is 9.95. The van der Waals surface area contributed by atoms with Crippen LogP contribution >= 0.6 is 11.8 Å². The second-order valence-electron chi connectivity index (χ2n) is 7.25. The van der Waals surface area contributed by atoms with Crippen LogP contribution in [0.2, 0.25) is 0 Å². The first-order valence-corrected chi connectivity index (χ1v) is 10.9. The van der Waals surface area contributed by atoms with Crippen LogP contribution in [-0.2, 0) is 5.75 Å². The van der Waals surface area contributed by atoms with Crippen LogP contribution < -0.4 is 15.8 Å². The maximum absolute atomic E-state index is 12.7. The minimum absolute atomic E-state index is 0.389. The second kappa shape index (κ2) is 9.57. The molecule has 0 saturated carbocycles. The van der Waals surface area contributed by atoms with Crippen molar-refractivity contribution in [1.29, 1.82) is 0 Å². The number of hydrazine groups is 1. The number of aromatic nitrogens is 1. The number of para-hydroxylation sites is 2. The van der Waals surface area contributed by atoms with Gasteiger partial charge in [0, 0.05) is 36.7 Å². The number of nitrogens with zero attached hydrogens (tertiary/aromatic N) is 2. The highest BCUT2D eigenvalue weighted by Gasteiger charge is 2.14. The van der Waals surface area contributed by atoms with Crippen LogP contribution in [0.4, 0.5) is 5.69 Å². The molecule has 0 unspecified atom stereocenters. The maximum Gasteiger partial charge on any atom is 0.270 e. The number of fused-ring (bicyclic) bond motifs is 1. The van der Waals surface area contributed by atoms with Crippen molar-refractivity contribution in [1.82, 2.24) is 15.8 Å². The van der Waals surface area contributed by atoms with E-state index in [1.807, 2.05) is 61.5 Å². The minimum Gasteiger partial charge on any atom is -0.431 e. The number of nitrogens with one attached hydrogen (secondary N) is 2. The number of benzene rings is 3. The zero-order valence-electron chi connectivity index (χ0n) is 17.7. The van der Waals surface area contributed by atoms with Gasteiger partial charge in [-0.05, 0) is 42.0 Å². The van der Waals surface area contributed by atoms with E-state index in [9.17, 15) is 9.59 Å². The number of hydrogen-bond acceptors (Lipinski definition) is 6. The molecule has 0 saturated heterocycles. The van der Waals surface area contributed by atoms with Gasteiger partial charge in [0.25, 0.3) is 17.0 Å². The molecular formula is C24H22N4O3S. The molecule has 0 bridgehead atoms. The Bertz CT molecular complexity index is 1240. The molecule has 32 heavy (non-hydrogen) atoms. The van der Waals surface area contributed by atoms with Crippen molar-refractivity contribution >= 4 is 40.4 Å². The molecule has 0 aliphatic heterocycles. The zero-order valence-corrected chi connectivity index (χ0v) is 18.5. The van der Waals surface area contributed by atoms with Crippen LogP contribution in [-0.4, -0.2) is 30.9 Å². The number of oxazole rings is 1. The Morgan fingerprint density at radius 3 is 2.50 bits per heavy atom. The summed E-state index contributed by atoms with van der Waals surface area (Å²) in [5, 5.41) is 0.537. The van der Waals surface area contributed by atoms with Gasteiger partial charge in [0.05, 0.1) is 0 Å². The monoisotopic (exact) mass is 446 g/mol. The van der Waals surface area contributed by atoms with Gasteiger partial charge in [-0.3, -0.25) is 20.4 Å². The Balaban J connectivity index is 1.41. The molecule has 2 N–H and O–H groups in total. The summed E-state index contributed by atoms with van der Waals surface area (Å²) in [6, 6.07) is 21.9. The molecule has 3 aromatic carbocycles. The van der Waals surface area contributed by atoms with Crippen molar-refractivity contribution in [3.05, 3.63) is 89.5 Å². The Kier molecular flexibility index (Phi) is 6.42. The normalized spacial score (nSPS) is 10.7. The minimum atomic E-state index is -0.393. The maximum atomic E-state index is 12.7. The average Bonchev–Trinajstić information content (AvgIpc) is 3.24. The van der Waals surface area contributed by atoms with Crippen LogP contribution in [0, 0.1) is 0 Å². The highest BCUT2D eigenvalue weighted by atomic mass is 32.2. The average molecular weight is 447 g/mol. The Morgan fingerprint density at radius 2 is 1.69 bits per heavy atom. The predicted molar refractivity (Wildman–Crippen MR) is 126 cm³/mol. The molecule has 0 fully saturated rings. The van der Waals surface area contributed by atoms with Gasteiger partial charge in [0.1, 0.15) is 5.52 Å². The largest absolute Gasteiger partial charge is 0.431 e. The van der Waals surface area contributed by atoms with Gasteiger partial charge < -0.3 is 9.32 Å². The lowest BCUT2D eigenvalue weighted by atomic mass is 10.1. The number of amides is 2. The number of carbonyl (C=O) groups is 2. The van der Waals surface area contributed by atoms with Crippen LogP contribution in [0.1, 0.15) is 26.3 Å². The van der Waals surface area contributed by atoms with Crippen molar-refractivity contribution in [2.75, 3.05) is 19.0 Å². The number of rotatable bonds is 6. The van der Waals surface area contributed by atoms with E-state index in [1.54, 1.807) is 30.3 Å². The lowest BCUT2D eigenvalue weighted by Gasteiger charge is -2.14. The third-order valence-corrected chi connectivity index (χ3v) is 5.68. The lowest BCUT2D eigenvalue weighted by Crippen LogP contribution is -2.42. The van der Waals surface area contributed by atoms with E-state index < -0.39 is 5.91 Å². The van der Waals surface area contributed by atoms with Crippen molar-refractivity contribution in [3.8, 4) is 0 Å². The second-order valence-corrected chi connectivity index (χ2v) is 8.17. The highest BCUT2D eigenvalue weighted by molar-refractivity contribution is 7.98. The van der Waals surface area contributed by atoms with Gasteiger partial charge in [0.2, 0.25) is 0 Å². The molecule has 8 heteroatoms. The van der Waals surface area contributed by atoms with E-state index in [1.165, 1.54) is 11.8 Å². The Morgan fingerprint density at radius 1 is 0.938 bits per heavy atom. The van der Waals surface area contributed by atoms with Crippen LogP contribution in [0.3, 0.4) is 0 Å². The summed E-state index contributed by atoms with van der Waals surface area (Å²) in [6.45, 7) is 0. The van der Waals surface area contributed by atoms with Gasteiger partial charge >= 0.3 is 0 Å². The number of anilines is 1. The molecule has 0 spiro atoms. The number of carbonyl (C=O) groups excluding carboxylic acids is 2. The van der Waals surface area contributed by atoms with E-state index >= 15 is 0 Å². The first-order chi connectivity index (χ1) is 15.5. The number of hydrogen-bond donors (Lipinski definition) is 2. The Labute approximate surface area is 189 Å². The van der Waals surface area contributed by atoms with Crippen LogP contribution in [0.5, 0.6) is 0 Å². The first kappa shape index (κ1) is 21.5. The summed E-state index contributed by atoms with van der Waals surface area (Å²) in [5.74, 6) is -0.286. The van der Waals surface area contributed by atoms with Gasteiger partial charge in [-0.1, -0.05) is 48.2 Å². The molecule has 0 atom stereocenters. The van der Waals surface area contributed by atoms with Crippen LogP contribution in [0.25, 0.3) is 11.1 Å². The molecule has 7 nitrogen and oxygen atoms in total. The molecule has 4 aromatic rings. The molecule has 1 heterocycles. The zero-order chi connectivity index (χ0) is 22.5. The fourth-order valence-corrected chi connectivity index (χ4v) is 3.94. The molecule has 0 aliphatic rings. The molecule has 4 rings (SSSR count). The summed E-state index contributed by atoms with van der Waals surface area (Å²) < 4.78 is 5.74. The van der Waals surface area contributed by atoms with Gasteiger partial charge in [-0.25, -0.2) is 4.98 Å². The molecule has 0 aliphatic carbocycles. The SMILES string of the molecule is CN(C)c1cccc(C(=O)NNC(=O)c2ccccc2CSc2nc3ccccc3o2)c1. The van der Waals surface area contributed by atoms with Crippen molar-refractivity contribution in [2.24, 2.45) is 0 Å². The summed E-state index contributed by atoms with van der Waals surface area (Å²) in [5.41, 5.74) is 9.14. The smallest absolute Gasteiger partial charge is 0.270 e. The van der Waals surface area contributed by atoms with Crippen molar-refractivity contribution in [3.63, 3.8) is 0 Å². The standard InChI is InChI=1S/C24H22N4O3S/c1-28(2)18-10-7-9-16(14-18)22(29)26-27-23(30)19-11-4-3-8-17(19)15-32-24-25-20-12-5-6-13-21(20)31-24/h3-14H,15H2,1-2H3,(H,26,29)(H,27,30). The fourth-order valence-electron chi connectivity index (χ4n) is 3.10. The fraction of sp³-hybridized carbons (Fsp3) is 0.125. The third kappa shape index (κ3) is 4.92. The molecule has 1 aromatic heterocycles. The van der Waals surface area contributed by atoms with E-state index in [0.717, 1.165) is 22.4 Å². The van der Waals surface area contributed by atoms with E-state index in [4.69, 9.17) is 4.42 Å².